The average Bonchev–Trinajstić information content (AvgIpc) is 2.24. The minimum Gasteiger partial charge on any atom is -0.493 e. The van der Waals surface area contributed by atoms with Gasteiger partial charge in [0, 0.05) is 0 Å². The fourth-order valence-electron chi connectivity index (χ4n) is 1.64. The van der Waals surface area contributed by atoms with Crippen LogP contribution in [0.3, 0.4) is 0 Å². The number of rotatable bonds is 5. The summed E-state index contributed by atoms with van der Waals surface area (Å²) < 4.78 is 5.81. The lowest BCUT2D eigenvalue weighted by Gasteiger charge is -2.22. The summed E-state index contributed by atoms with van der Waals surface area (Å²) in [6.45, 7) is 8.10. The Bertz CT molecular complexity index is 315. The molecule has 1 aromatic carbocycles. The van der Waals surface area contributed by atoms with Gasteiger partial charge in [0.05, 0.1) is 6.61 Å². The van der Waals surface area contributed by atoms with Crippen molar-refractivity contribution in [1.29, 1.82) is 0 Å². The Kier molecular flexibility index (Phi) is 4.81. The van der Waals surface area contributed by atoms with E-state index >= 15 is 0 Å². The van der Waals surface area contributed by atoms with Gasteiger partial charge in [0.25, 0.3) is 0 Å². The zero-order valence-corrected chi connectivity index (χ0v) is 10.6. The number of nitrogens with two attached hydrogens (primary N) is 1. The standard InChI is InChI=1S/C14H23NO/c1-14(2,3)12-8-4-5-9-13(12)16-11-7-6-10-15/h4-5,8-9H,6-7,10-11,15H2,1-3H3. The molecular formula is C14H23NO. The maximum atomic E-state index is 5.81. The molecule has 0 unspecified atom stereocenters. The number of unbranched alkanes of at least 4 members (excludes halogenated alkanes) is 1. The second kappa shape index (κ2) is 5.90. The van der Waals surface area contributed by atoms with Crippen LogP contribution >= 0.6 is 0 Å². The lowest BCUT2D eigenvalue weighted by atomic mass is 9.86. The first-order valence-corrected chi connectivity index (χ1v) is 5.98. The van der Waals surface area contributed by atoms with E-state index in [0.717, 1.165) is 31.7 Å². The molecule has 2 heteroatoms. The molecule has 1 rings (SSSR count). The van der Waals surface area contributed by atoms with Crippen LogP contribution in [-0.2, 0) is 5.41 Å². The second-order valence-electron chi connectivity index (χ2n) is 5.09. The molecule has 16 heavy (non-hydrogen) atoms. The Labute approximate surface area is 98.8 Å². The molecule has 0 atom stereocenters. The van der Waals surface area contributed by atoms with E-state index < -0.39 is 0 Å². The second-order valence-corrected chi connectivity index (χ2v) is 5.09. The molecule has 0 radical (unpaired) electrons. The third kappa shape index (κ3) is 3.86. The Morgan fingerprint density at radius 3 is 2.44 bits per heavy atom. The highest BCUT2D eigenvalue weighted by atomic mass is 16.5. The summed E-state index contributed by atoms with van der Waals surface area (Å²) >= 11 is 0. The first-order valence-electron chi connectivity index (χ1n) is 5.98. The topological polar surface area (TPSA) is 35.2 Å². The van der Waals surface area contributed by atoms with E-state index in [1.807, 2.05) is 12.1 Å². The van der Waals surface area contributed by atoms with E-state index in [9.17, 15) is 0 Å². The normalized spacial score (nSPS) is 11.5. The Morgan fingerprint density at radius 1 is 1.12 bits per heavy atom. The van der Waals surface area contributed by atoms with Crippen molar-refractivity contribution in [2.75, 3.05) is 13.2 Å². The van der Waals surface area contributed by atoms with Gasteiger partial charge in [-0.25, -0.2) is 0 Å². The van der Waals surface area contributed by atoms with Gasteiger partial charge in [-0.3, -0.25) is 0 Å². The average molecular weight is 221 g/mol. The smallest absolute Gasteiger partial charge is 0.123 e. The number of hydrogen-bond donors (Lipinski definition) is 1. The molecule has 0 aliphatic rings. The van der Waals surface area contributed by atoms with Crippen LogP contribution < -0.4 is 10.5 Å². The molecule has 0 saturated carbocycles. The summed E-state index contributed by atoms with van der Waals surface area (Å²) in [5.41, 5.74) is 6.85. The minimum absolute atomic E-state index is 0.129. The van der Waals surface area contributed by atoms with Gasteiger partial charge in [-0.1, -0.05) is 39.0 Å². The molecule has 0 saturated heterocycles. The lowest BCUT2D eigenvalue weighted by Crippen LogP contribution is -2.14. The largest absolute Gasteiger partial charge is 0.493 e. The predicted molar refractivity (Wildman–Crippen MR) is 68.9 cm³/mol. The maximum absolute atomic E-state index is 5.81. The molecule has 0 heterocycles. The van der Waals surface area contributed by atoms with Crippen molar-refractivity contribution in [3.05, 3.63) is 29.8 Å². The molecule has 2 nitrogen and oxygen atoms in total. The highest BCUT2D eigenvalue weighted by molar-refractivity contribution is 5.38. The van der Waals surface area contributed by atoms with E-state index in [2.05, 4.69) is 32.9 Å². The van der Waals surface area contributed by atoms with Crippen LogP contribution in [-0.4, -0.2) is 13.2 Å². The van der Waals surface area contributed by atoms with E-state index in [-0.39, 0.29) is 5.41 Å². The van der Waals surface area contributed by atoms with E-state index in [4.69, 9.17) is 10.5 Å². The molecule has 0 aliphatic heterocycles. The van der Waals surface area contributed by atoms with Crippen LogP contribution in [0.25, 0.3) is 0 Å². The van der Waals surface area contributed by atoms with Gasteiger partial charge in [-0.05, 0) is 36.4 Å². The first kappa shape index (κ1) is 13.0. The van der Waals surface area contributed by atoms with Crippen LogP contribution in [0.5, 0.6) is 5.75 Å². The Morgan fingerprint density at radius 2 is 1.81 bits per heavy atom. The molecule has 0 aromatic heterocycles. The zero-order chi connectivity index (χ0) is 12.0. The van der Waals surface area contributed by atoms with Gasteiger partial charge in [0.2, 0.25) is 0 Å². The predicted octanol–water partition coefficient (Wildman–Crippen LogP) is 3.10. The molecule has 0 fully saturated rings. The first-order chi connectivity index (χ1) is 7.55. The van der Waals surface area contributed by atoms with Crippen LogP contribution in [0.15, 0.2) is 24.3 Å². The van der Waals surface area contributed by atoms with Crippen molar-refractivity contribution in [3.8, 4) is 5.75 Å². The summed E-state index contributed by atoms with van der Waals surface area (Å²) in [5.74, 6) is 1.01. The molecule has 0 amide bonds. The maximum Gasteiger partial charge on any atom is 0.123 e. The van der Waals surface area contributed by atoms with Crippen LogP contribution in [0.1, 0.15) is 39.2 Å². The van der Waals surface area contributed by atoms with Crippen molar-refractivity contribution in [1.82, 2.24) is 0 Å². The molecule has 0 bridgehead atoms. The molecule has 0 aliphatic carbocycles. The summed E-state index contributed by atoms with van der Waals surface area (Å²) in [5, 5.41) is 0. The molecule has 0 spiro atoms. The van der Waals surface area contributed by atoms with Crippen molar-refractivity contribution >= 4 is 0 Å². The molecular weight excluding hydrogens is 198 g/mol. The summed E-state index contributed by atoms with van der Waals surface area (Å²) in [7, 11) is 0. The van der Waals surface area contributed by atoms with Gasteiger partial charge in [0.1, 0.15) is 5.75 Å². The zero-order valence-electron chi connectivity index (χ0n) is 10.6. The Balaban J connectivity index is 2.65. The van der Waals surface area contributed by atoms with Gasteiger partial charge in [0.15, 0.2) is 0 Å². The summed E-state index contributed by atoms with van der Waals surface area (Å²) in [6, 6.07) is 8.27. The number of hydrogen-bond acceptors (Lipinski definition) is 2. The highest BCUT2D eigenvalue weighted by Crippen LogP contribution is 2.30. The fraction of sp³-hybridized carbons (Fsp3) is 0.571. The Hall–Kier alpha value is -1.02. The van der Waals surface area contributed by atoms with Gasteiger partial charge in [-0.15, -0.1) is 0 Å². The van der Waals surface area contributed by atoms with E-state index in [1.54, 1.807) is 0 Å². The third-order valence-corrected chi connectivity index (χ3v) is 2.55. The van der Waals surface area contributed by atoms with Crippen LogP contribution in [0.2, 0.25) is 0 Å². The molecule has 90 valence electrons. The summed E-state index contributed by atoms with van der Waals surface area (Å²) in [4.78, 5) is 0. The van der Waals surface area contributed by atoms with Crippen molar-refractivity contribution in [2.45, 2.75) is 39.0 Å². The van der Waals surface area contributed by atoms with Crippen molar-refractivity contribution < 1.29 is 4.74 Å². The number of para-hydroxylation sites is 1. The SMILES string of the molecule is CC(C)(C)c1ccccc1OCCCCN. The fourth-order valence-corrected chi connectivity index (χ4v) is 1.64. The van der Waals surface area contributed by atoms with Crippen molar-refractivity contribution in [3.63, 3.8) is 0 Å². The quantitative estimate of drug-likeness (QED) is 0.775. The van der Waals surface area contributed by atoms with Gasteiger partial charge >= 0.3 is 0 Å². The van der Waals surface area contributed by atoms with Crippen LogP contribution in [0.4, 0.5) is 0 Å². The minimum atomic E-state index is 0.129. The molecule has 1 aromatic rings. The van der Waals surface area contributed by atoms with Crippen molar-refractivity contribution in [2.24, 2.45) is 5.73 Å². The van der Waals surface area contributed by atoms with E-state index in [1.165, 1.54) is 5.56 Å². The van der Waals surface area contributed by atoms with Gasteiger partial charge < -0.3 is 10.5 Å². The summed E-state index contributed by atoms with van der Waals surface area (Å²) in [6.07, 6.45) is 2.05. The van der Waals surface area contributed by atoms with Crippen LogP contribution in [0, 0.1) is 0 Å². The third-order valence-electron chi connectivity index (χ3n) is 2.55. The van der Waals surface area contributed by atoms with E-state index in [0.29, 0.717) is 0 Å². The monoisotopic (exact) mass is 221 g/mol. The lowest BCUT2D eigenvalue weighted by molar-refractivity contribution is 0.300. The van der Waals surface area contributed by atoms with Gasteiger partial charge in [-0.2, -0.15) is 0 Å². The number of benzene rings is 1. The molecule has 2 N–H and O–H groups in total. The number of ether oxygens (including phenoxy) is 1. The highest BCUT2D eigenvalue weighted by Gasteiger charge is 2.17.